The zero-order valence-corrected chi connectivity index (χ0v) is 8.62. The molecule has 6 heteroatoms. The predicted octanol–water partition coefficient (Wildman–Crippen LogP) is 0.120. The first kappa shape index (κ1) is 8.51. The second-order valence-electron chi connectivity index (χ2n) is 3.68. The number of aliphatic imine (C=N–C) groups is 1. The van der Waals surface area contributed by atoms with Gasteiger partial charge in [0.25, 0.3) is 0 Å². The van der Waals surface area contributed by atoms with Crippen LogP contribution in [-0.4, -0.2) is 21.0 Å². The van der Waals surface area contributed by atoms with Crippen molar-refractivity contribution >= 4 is 17.6 Å². The number of H-pyrrole nitrogens is 1. The maximum absolute atomic E-state index is 4.48. The molecule has 0 saturated carbocycles. The Morgan fingerprint density at radius 1 is 1.18 bits per heavy atom. The van der Waals surface area contributed by atoms with Gasteiger partial charge in [0.15, 0.2) is 11.3 Å². The summed E-state index contributed by atoms with van der Waals surface area (Å²) in [6.45, 7) is 0. The van der Waals surface area contributed by atoms with Crippen molar-refractivity contribution < 1.29 is 0 Å². The van der Waals surface area contributed by atoms with E-state index in [4.69, 9.17) is 0 Å². The lowest BCUT2D eigenvalue weighted by Crippen LogP contribution is -2.15. The van der Waals surface area contributed by atoms with E-state index in [0.29, 0.717) is 11.3 Å². The Hall–Kier alpha value is -2.63. The van der Waals surface area contributed by atoms with Gasteiger partial charge in [0.1, 0.15) is 16.7 Å². The molecular weight excluding hydrogens is 216 g/mol. The average Bonchev–Trinajstić information content (AvgIpc) is 3.08. The normalized spacial score (nSPS) is 14.9. The van der Waals surface area contributed by atoms with Crippen LogP contribution in [0, 0.1) is 0 Å². The van der Waals surface area contributed by atoms with Gasteiger partial charge in [-0.2, -0.15) is 5.10 Å². The summed E-state index contributed by atoms with van der Waals surface area (Å²) in [6, 6.07) is 1.84. The van der Waals surface area contributed by atoms with Crippen molar-refractivity contribution in [3.63, 3.8) is 0 Å². The highest BCUT2D eigenvalue weighted by Gasteiger charge is 2.17. The van der Waals surface area contributed by atoms with Crippen LogP contribution in [0.2, 0.25) is 0 Å². The Morgan fingerprint density at radius 3 is 3.06 bits per heavy atom. The lowest BCUT2D eigenvalue weighted by atomic mass is 10.2. The van der Waals surface area contributed by atoms with E-state index in [1.807, 2.05) is 12.1 Å². The van der Waals surface area contributed by atoms with Crippen LogP contribution >= 0.6 is 0 Å². The van der Waals surface area contributed by atoms with Crippen molar-refractivity contribution in [1.82, 2.24) is 15.2 Å². The van der Waals surface area contributed by atoms with Gasteiger partial charge < -0.3 is 0 Å². The fourth-order valence-electron chi connectivity index (χ4n) is 1.88. The molecule has 2 aromatic rings. The third kappa shape index (κ3) is 1.12. The third-order valence-electron chi connectivity index (χ3n) is 2.66. The predicted molar refractivity (Wildman–Crippen MR) is 60.4 cm³/mol. The molecule has 17 heavy (non-hydrogen) atoms. The fraction of sp³-hybridized carbons (Fsp3) is 0. The number of rotatable bonds is 1. The molecule has 0 amide bonds. The molecular formula is C11H6N6. The minimum Gasteiger partial charge on any atom is -0.285 e. The number of pyridine rings is 1. The molecule has 4 heterocycles. The smallest absolute Gasteiger partial charge is 0.181 e. The average molecular weight is 222 g/mol. The number of fused-ring (bicyclic) bond motifs is 3. The molecule has 0 radical (unpaired) electrons. The highest BCUT2D eigenvalue weighted by Crippen LogP contribution is 2.19. The van der Waals surface area contributed by atoms with Gasteiger partial charge in [0, 0.05) is 18.0 Å². The van der Waals surface area contributed by atoms with Gasteiger partial charge >= 0.3 is 0 Å². The van der Waals surface area contributed by atoms with E-state index < -0.39 is 0 Å². The van der Waals surface area contributed by atoms with Crippen LogP contribution in [0.15, 0.2) is 39.6 Å². The maximum Gasteiger partial charge on any atom is 0.181 e. The van der Waals surface area contributed by atoms with E-state index in [0.717, 1.165) is 22.3 Å². The summed E-state index contributed by atoms with van der Waals surface area (Å²) in [4.78, 5) is 17.2. The van der Waals surface area contributed by atoms with E-state index in [1.54, 1.807) is 18.6 Å². The van der Waals surface area contributed by atoms with Gasteiger partial charge in [-0.05, 0) is 12.1 Å². The topological polar surface area (TPSA) is 78.6 Å². The van der Waals surface area contributed by atoms with Gasteiger partial charge in [-0.1, -0.05) is 0 Å². The lowest BCUT2D eigenvalue weighted by Gasteiger charge is -1.92. The van der Waals surface area contributed by atoms with Gasteiger partial charge in [-0.25, -0.2) is 20.0 Å². The van der Waals surface area contributed by atoms with E-state index in [9.17, 15) is 0 Å². The molecule has 0 bridgehead atoms. The molecule has 0 saturated heterocycles. The first-order valence-electron chi connectivity index (χ1n) is 5.13. The number of amidine groups is 1. The van der Waals surface area contributed by atoms with Crippen LogP contribution in [0.5, 0.6) is 0 Å². The Morgan fingerprint density at radius 2 is 2.18 bits per heavy atom. The van der Waals surface area contributed by atoms with E-state index in [2.05, 4.69) is 30.2 Å². The maximum atomic E-state index is 4.48. The second-order valence-corrected chi connectivity index (χ2v) is 3.68. The van der Waals surface area contributed by atoms with Crippen molar-refractivity contribution in [1.29, 1.82) is 0 Å². The van der Waals surface area contributed by atoms with E-state index in [1.165, 1.54) is 0 Å². The van der Waals surface area contributed by atoms with Crippen LogP contribution in [-0.2, 0) is 0 Å². The summed E-state index contributed by atoms with van der Waals surface area (Å²) >= 11 is 0. The third-order valence-corrected chi connectivity index (χ3v) is 2.66. The van der Waals surface area contributed by atoms with Crippen molar-refractivity contribution in [2.24, 2.45) is 15.0 Å². The number of hydrogen-bond donors (Lipinski definition) is 1. The molecule has 1 N–H and O–H groups in total. The van der Waals surface area contributed by atoms with Gasteiger partial charge in [0.05, 0.1) is 6.20 Å². The largest absolute Gasteiger partial charge is 0.285 e. The Labute approximate surface area is 95.2 Å². The molecule has 0 fully saturated rings. The quantitative estimate of drug-likeness (QED) is 0.743. The van der Waals surface area contributed by atoms with Crippen molar-refractivity contribution in [2.75, 3.05) is 0 Å². The van der Waals surface area contributed by atoms with Crippen LogP contribution in [0.1, 0.15) is 11.3 Å². The van der Waals surface area contributed by atoms with E-state index >= 15 is 0 Å². The zero-order valence-electron chi connectivity index (χ0n) is 8.62. The monoisotopic (exact) mass is 222 g/mol. The molecule has 6 nitrogen and oxygen atoms in total. The molecule has 2 aliphatic heterocycles. The van der Waals surface area contributed by atoms with Crippen molar-refractivity contribution in [3.8, 4) is 0 Å². The van der Waals surface area contributed by atoms with Gasteiger partial charge in [0.2, 0.25) is 0 Å². The Balaban J connectivity index is 1.99. The Bertz CT molecular complexity index is 782. The highest BCUT2D eigenvalue weighted by atomic mass is 15.1. The summed E-state index contributed by atoms with van der Waals surface area (Å²) in [5, 5.41) is 7.58. The number of aromatic amines is 1. The molecule has 0 aromatic carbocycles. The zero-order chi connectivity index (χ0) is 11.2. The molecule has 0 unspecified atom stereocenters. The first-order chi connectivity index (χ1) is 8.42. The molecule has 2 aliphatic rings. The van der Waals surface area contributed by atoms with Gasteiger partial charge in [-0.15, -0.1) is 0 Å². The summed E-state index contributed by atoms with van der Waals surface area (Å²) in [5.41, 5.74) is 3.18. The molecule has 0 spiro atoms. The molecule has 2 aromatic heterocycles. The molecule has 0 aliphatic carbocycles. The summed E-state index contributed by atoms with van der Waals surface area (Å²) in [5.74, 6) is 0.608. The van der Waals surface area contributed by atoms with Crippen LogP contribution < -0.4 is 10.8 Å². The van der Waals surface area contributed by atoms with Crippen molar-refractivity contribution in [3.05, 3.63) is 46.8 Å². The summed E-state index contributed by atoms with van der Waals surface area (Å²) in [6.07, 6.45) is 7.05. The number of nitrogens with zero attached hydrogens (tertiary/aromatic N) is 5. The minimum atomic E-state index is 0.608. The molecule has 80 valence electrons. The summed E-state index contributed by atoms with van der Waals surface area (Å²) < 4.78 is 0. The number of hydrogen-bond acceptors (Lipinski definition) is 5. The summed E-state index contributed by atoms with van der Waals surface area (Å²) in [7, 11) is 0. The molecule has 0 atom stereocenters. The fourth-order valence-corrected chi connectivity index (χ4v) is 1.88. The van der Waals surface area contributed by atoms with Crippen LogP contribution in [0.3, 0.4) is 0 Å². The Kier molecular flexibility index (Phi) is 1.47. The minimum absolute atomic E-state index is 0.608. The second kappa shape index (κ2) is 2.94. The molecule has 4 rings (SSSR count). The number of nitrogens with one attached hydrogen (secondary N) is 1. The standard InChI is InChI=1S/C11H6N6/c1-3-12-10-6(1)9-8(5-13-10)15-11(16-9)7-2-4-14-17-7/h1-5H,(H,14,17). The SMILES string of the molecule is C1=Cc2c3c(cnc2=N1)=NC(c1cc[nH]n1)=N3. The first-order valence-corrected chi connectivity index (χ1v) is 5.13. The lowest BCUT2D eigenvalue weighted by molar-refractivity contribution is 1.08. The van der Waals surface area contributed by atoms with Crippen LogP contribution in [0.25, 0.3) is 6.08 Å². The van der Waals surface area contributed by atoms with Crippen molar-refractivity contribution in [2.45, 2.75) is 0 Å². The van der Waals surface area contributed by atoms with E-state index in [-0.39, 0.29) is 0 Å². The van der Waals surface area contributed by atoms with Gasteiger partial charge in [-0.3, -0.25) is 5.10 Å². The highest BCUT2D eigenvalue weighted by molar-refractivity contribution is 6.01. The number of aromatic nitrogens is 3. The van der Waals surface area contributed by atoms with Crippen LogP contribution in [0.4, 0.5) is 5.69 Å².